The molecule has 1 fully saturated rings. The van der Waals surface area contributed by atoms with Crippen molar-refractivity contribution in [1.82, 2.24) is 9.80 Å². The van der Waals surface area contributed by atoms with Gasteiger partial charge in [-0.3, -0.25) is 9.80 Å². The van der Waals surface area contributed by atoms with Crippen molar-refractivity contribution in [3.05, 3.63) is 119 Å². The Labute approximate surface area is 250 Å². The SMILES string of the molecule is COc1ccc(/C=C/CN2CCN(CCOC(c3ccc(F)cc3)c3ccc(F)cc3)CC2)cc1.O=C(O)/C=C\C(=O)O. The van der Waals surface area contributed by atoms with Crippen LogP contribution < -0.4 is 4.74 Å². The van der Waals surface area contributed by atoms with Crippen LogP contribution in [-0.2, 0) is 14.3 Å². The molecule has 0 aliphatic carbocycles. The summed E-state index contributed by atoms with van der Waals surface area (Å²) in [5.41, 5.74) is 2.87. The van der Waals surface area contributed by atoms with Crippen LogP contribution in [0.15, 0.2) is 91.0 Å². The Morgan fingerprint density at radius 2 is 1.28 bits per heavy atom. The van der Waals surface area contributed by atoms with E-state index < -0.39 is 11.9 Å². The summed E-state index contributed by atoms with van der Waals surface area (Å²) < 4.78 is 38.3. The number of piperazine rings is 1. The number of hydrogen-bond acceptors (Lipinski definition) is 6. The summed E-state index contributed by atoms with van der Waals surface area (Å²) in [5.74, 6) is -2.23. The second kappa shape index (κ2) is 17.5. The normalized spacial score (nSPS) is 14.1. The fourth-order valence-corrected chi connectivity index (χ4v) is 4.35. The highest BCUT2D eigenvalue weighted by Crippen LogP contribution is 2.26. The van der Waals surface area contributed by atoms with Crippen LogP contribution in [0.4, 0.5) is 8.78 Å². The Morgan fingerprint density at radius 3 is 1.74 bits per heavy atom. The molecule has 0 aromatic heterocycles. The molecule has 1 aliphatic heterocycles. The fraction of sp³-hybridized carbons (Fsp3) is 0.273. The van der Waals surface area contributed by atoms with Crippen LogP contribution in [0.3, 0.4) is 0 Å². The number of aliphatic carboxylic acids is 2. The number of carboxylic acids is 2. The van der Waals surface area contributed by atoms with Gasteiger partial charge in [0.05, 0.1) is 13.7 Å². The molecule has 0 amide bonds. The molecule has 228 valence electrons. The van der Waals surface area contributed by atoms with Crippen molar-refractivity contribution in [2.75, 3.05) is 53.0 Å². The highest BCUT2D eigenvalue weighted by atomic mass is 19.1. The topological polar surface area (TPSA) is 99.5 Å². The van der Waals surface area contributed by atoms with Gasteiger partial charge >= 0.3 is 11.9 Å². The van der Waals surface area contributed by atoms with E-state index in [9.17, 15) is 18.4 Å². The van der Waals surface area contributed by atoms with Crippen molar-refractivity contribution in [3.8, 4) is 5.75 Å². The highest BCUT2D eigenvalue weighted by Gasteiger charge is 2.18. The van der Waals surface area contributed by atoms with E-state index >= 15 is 0 Å². The summed E-state index contributed by atoms with van der Waals surface area (Å²) in [6, 6.07) is 20.7. The molecule has 4 rings (SSSR count). The van der Waals surface area contributed by atoms with Crippen LogP contribution in [0.1, 0.15) is 22.8 Å². The third kappa shape index (κ3) is 12.2. The van der Waals surface area contributed by atoms with Gasteiger partial charge in [0.2, 0.25) is 0 Å². The van der Waals surface area contributed by atoms with Gasteiger partial charge in [0.1, 0.15) is 23.5 Å². The first kappa shape index (κ1) is 33.1. The smallest absolute Gasteiger partial charge is 0.328 e. The van der Waals surface area contributed by atoms with Crippen LogP contribution >= 0.6 is 0 Å². The second-order valence-electron chi connectivity index (χ2n) is 9.68. The van der Waals surface area contributed by atoms with Crippen LogP contribution in [0.2, 0.25) is 0 Å². The third-order valence-corrected chi connectivity index (χ3v) is 6.66. The zero-order valence-electron chi connectivity index (χ0n) is 23.9. The summed E-state index contributed by atoms with van der Waals surface area (Å²) in [5, 5.41) is 15.6. The first-order chi connectivity index (χ1) is 20.7. The van der Waals surface area contributed by atoms with Crippen molar-refractivity contribution in [2.45, 2.75) is 6.10 Å². The Hall–Kier alpha value is -4.38. The first-order valence-electron chi connectivity index (χ1n) is 13.7. The van der Waals surface area contributed by atoms with Gasteiger partial charge in [-0.15, -0.1) is 0 Å². The number of halogens is 2. The van der Waals surface area contributed by atoms with Gasteiger partial charge in [-0.2, -0.15) is 0 Å². The maximum absolute atomic E-state index is 13.4. The van der Waals surface area contributed by atoms with E-state index in [0.29, 0.717) is 18.8 Å². The standard InChI is InChI=1S/C29H32F2N2O2.C4H4O4/c1-34-28-14-4-23(5-15-28)3-2-16-32-17-19-33(20-18-32)21-22-35-29(24-6-10-26(30)11-7-24)25-8-12-27(31)13-9-25;5-3(6)1-2-4(7)8/h2-15,29H,16-22H2,1H3;1-2H,(H,5,6)(H,7,8)/b3-2+;2-1-. The molecule has 1 aliphatic rings. The number of carbonyl (C=O) groups is 2. The van der Waals surface area contributed by atoms with Crippen molar-refractivity contribution >= 4 is 18.0 Å². The molecule has 1 saturated heterocycles. The first-order valence-corrected chi connectivity index (χ1v) is 13.7. The summed E-state index contributed by atoms with van der Waals surface area (Å²) >= 11 is 0. The lowest BCUT2D eigenvalue weighted by atomic mass is 10.0. The lowest BCUT2D eigenvalue weighted by Crippen LogP contribution is -2.47. The predicted octanol–water partition coefficient (Wildman–Crippen LogP) is 5.12. The van der Waals surface area contributed by atoms with Crippen LogP contribution in [0, 0.1) is 11.6 Å². The zero-order valence-corrected chi connectivity index (χ0v) is 23.9. The van der Waals surface area contributed by atoms with Gasteiger partial charge in [0, 0.05) is 51.4 Å². The summed E-state index contributed by atoms with van der Waals surface area (Å²) in [7, 11) is 1.67. The minimum atomic E-state index is -1.26. The lowest BCUT2D eigenvalue weighted by molar-refractivity contribution is -0.134. The van der Waals surface area contributed by atoms with E-state index in [2.05, 4.69) is 34.1 Å². The molecule has 3 aromatic rings. The fourth-order valence-electron chi connectivity index (χ4n) is 4.35. The largest absolute Gasteiger partial charge is 0.497 e. The molecule has 0 atom stereocenters. The van der Waals surface area contributed by atoms with Gasteiger partial charge in [0.25, 0.3) is 0 Å². The Morgan fingerprint density at radius 1 is 0.791 bits per heavy atom. The molecule has 2 N–H and O–H groups in total. The lowest BCUT2D eigenvalue weighted by Gasteiger charge is -2.34. The number of benzene rings is 3. The monoisotopic (exact) mass is 594 g/mol. The zero-order chi connectivity index (χ0) is 31.0. The maximum Gasteiger partial charge on any atom is 0.328 e. The molecular weight excluding hydrogens is 558 g/mol. The maximum atomic E-state index is 13.4. The van der Waals surface area contributed by atoms with Crippen LogP contribution in [-0.4, -0.2) is 84.9 Å². The number of ether oxygens (including phenoxy) is 2. The number of methoxy groups -OCH3 is 1. The Balaban J connectivity index is 0.000000557. The molecule has 10 heteroatoms. The van der Waals surface area contributed by atoms with Gasteiger partial charge < -0.3 is 19.7 Å². The molecular formula is C33H36F2N2O6. The van der Waals surface area contributed by atoms with Gasteiger partial charge in [0.15, 0.2) is 0 Å². The number of rotatable bonds is 12. The second-order valence-corrected chi connectivity index (χ2v) is 9.68. The van der Waals surface area contributed by atoms with E-state index in [1.54, 1.807) is 31.4 Å². The summed E-state index contributed by atoms with van der Waals surface area (Å²) in [6.07, 6.45) is 5.10. The highest BCUT2D eigenvalue weighted by molar-refractivity contribution is 5.89. The van der Waals surface area contributed by atoms with E-state index in [0.717, 1.165) is 56.1 Å². The summed E-state index contributed by atoms with van der Waals surface area (Å²) in [6.45, 7) is 6.26. The van der Waals surface area contributed by atoms with Crippen molar-refractivity contribution in [3.63, 3.8) is 0 Å². The molecule has 0 unspecified atom stereocenters. The average Bonchev–Trinajstić information content (AvgIpc) is 3.01. The molecule has 0 bridgehead atoms. The van der Waals surface area contributed by atoms with Gasteiger partial charge in [-0.05, 0) is 53.1 Å². The minimum absolute atomic E-state index is 0.289. The molecule has 3 aromatic carbocycles. The van der Waals surface area contributed by atoms with Gasteiger partial charge in [-0.1, -0.05) is 48.6 Å². The minimum Gasteiger partial charge on any atom is -0.497 e. The van der Waals surface area contributed by atoms with Crippen LogP contribution in [0.5, 0.6) is 5.75 Å². The molecule has 1 heterocycles. The predicted molar refractivity (Wildman–Crippen MR) is 160 cm³/mol. The number of hydrogen-bond donors (Lipinski definition) is 2. The van der Waals surface area contributed by atoms with Crippen LogP contribution in [0.25, 0.3) is 6.08 Å². The molecule has 8 nitrogen and oxygen atoms in total. The van der Waals surface area contributed by atoms with E-state index in [1.807, 2.05) is 12.1 Å². The number of nitrogens with zero attached hydrogens (tertiary/aromatic N) is 2. The molecule has 0 saturated carbocycles. The Kier molecular flexibility index (Phi) is 13.5. The van der Waals surface area contributed by atoms with Gasteiger partial charge in [-0.25, -0.2) is 18.4 Å². The van der Waals surface area contributed by atoms with Crippen molar-refractivity contribution in [1.29, 1.82) is 0 Å². The Bertz CT molecular complexity index is 1280. The molecule has 0 radical (unpaired) electrons. The summed E-state index contributed by atoms with van der Waals surface area (Å²) in [4.78, 5) is 23.9. The number of carboxylic acid groups (broad SMARTS) is 2. The third-order valence-electron chi connectivity index (χ3n) is 6.66. The van der Waals surface area contributed by atoms with E-state index in [1.165, 1.54) is 29.8 Å². The van der Waals surface area contributed by atoms with E-state index in [4.69, 9.17) is 19.7 Å². The quantitative estimate of drug-likeness (QED) is 0.279. The molecule has 0 spiro atoms. The van der Waals surface area contributed by atoms with Crippen molar-refractivity contribution < 1.29 is 38.1 Å². The van der Waals surface area contributed by atoms with E-state index in [-0.39, 0.29) is 17.7 Å². The average molecular weight is 595 g/mol. The molecule has 43 heavy (non-hydrogen) atoms. The van der Waals surface area contributed by atoms with Crippen molar-refractivity contribution in [2.24, 2.45) is 0 Å².